The molecule has 2 aliphatic rings. The molecule has 1 aliphatic heterocycles. The van der Waals surface area contributed by atoms with Crippen molar-refractivity contribution >= 4 is 6.09 Å². The summed E-state index contributed by atoms with van der Waals surface area (Å²) in [5.74, 6) is 0. The molecule has 1 aliphatic carbocycles. The standard InChI is InChI=1S/C13H20N2O3/c1-11(2,3)18-10(17)15-7-13(8-15)4-12(5-13,6-14)9-16/h16H,4-5,7-9H2,1-3H3. The summed E-state index contributed by atoms with van der Waals surface area (Å²) in [6.45, 7) is 6.73. The first-order chi connectivity index (χ1) is 8.23. The maximum atomic E-state index is 11.8. The minimum atomic E-state index is -0.569. The molecule has 0 atom stereocenters. The van der Waals surface area contributed by atoms with Gasteiger partial charge in [0.2, 0.25) is 0 Å². The lowest BCUT2D eigenvalue weighted by atomic mass is 9.50. The van der Waals surface area contributed by atoms with Crippen LogP contribution < -0.4 is 0 Å². The number of aliphatic hydroxyl groups is 1. The number of rotatable bonds is 1. The summed E-state index contributed by atoms with van der Waals surface area (Å²) in [5.41, 5.74) is -0.990. The van der Waals surface area contributed by atoms with E-state index in [-0.39, 0.29) is 18.1 Å². The Labute approximate surface area is 107 Å². The van der Waals surface area contributed by atoms with Crippen LogP contribution in [0.1, 0.15) is 33.6 Å². The largest absolute Gasteiger partial charge is 0.444 e. The van der Waals surface area contributed by atoms with Crippen LogP contribution in [0, 0.1) is 22.2 Å². The van der Waals surface area contributed by atoms with Gasteiger partial charge in [0.1, 0.15) is 5.60 Å². The third-order valence-electron chi connectivity index (χ3n) is 3.67. The van der Waals surface area contributed by atoms with Crippen LogP contribution in [0.5, 0.6) is 0 Å². The number of aliphatic hydroxyl groups excluding tert-OH is 1. The zero-order valence-corrected chi connectivity index (χ0v) is 11.2. The molecule has 0 unspecified atom stereocenters. The molecule has 0 aromatic carbocycles. The minimum Gasteiger partial charge on any atom is -0.444 e. The van der Waals surface area contributed by atoms with Gasteiger partial charge in [-0.2, -0.15) is 5.26 Å². The number of amides is 1. The van der Waals surface area contributed by atoms with Crippen LogP contribution in [0.3, 0.4) is 0 Å². The summed E-state index contributed by atoms with van der Waals surface area (Å²) in [7, 11) is 0. The summed E-state index contributed by atoms with van der Waals surface area (Å²) >= 11 is 0. The Morgan fingerprint density at radius 1 is 1.44 bits per heavy atom. The first kappa shape index (κ1) is 13.2. The van der Waals surface area contributed by atoms with E-state index in [2.05, 4.69) is 6.07 Å². The molecule has 1 spiro atoms. The van der Waals surface area contributed by atoms with Gasteiger partial charge in [-0.3, -0.25) is 0 Å². The summed E-state index contributed by atoms with van der Waals surface area (Å²) in [6.07, 6.45) is 1.09. The Morgan fingerprint density at radius 2 is 2.00 bits per heavy atom. The molecule has 0 aromatic heterocycles. The van der Waals surface area contributed by atoms with E-state index in [9.17, 15) is 9.90 Å². The quantitative estimate of drug-likeness (QED) is 0.768. The lowest BCUT2D eigenvalue weighted by Gasteiger charge is -2.61. The average molecular weight is 252 g/mol. The van der Waals surface area contributed by atoms with E-state index < -0.39 is 11.0 Å². The van der Waals surface area contributed by atoms with Crippen molar-refractivity contribution < 1.29 is 14.6 Å². The van der Waals surface area contributed by atoms with Gasteiger partial charge in [0.05, 0.1) is 18.1 Å². The molecular formula is C13H20N2O3. The number of hydrogen-bond acceptors (Lipinski definition) is 4. The molecule has 100 valence electrons. The summed E-state index contributed by atoms with van der Waals surface area (Å²) < 4.78 is 5.28. The maximum absolute atomic E-state index is 11.8. The van der Waals surface area contributed by atoms with Gasteiger partial charge in [-0.25, -0.2) is 4.79 Å². The summed E-state index contributed by atoms with van der Waals surface area (Å²) in [6, 6.07) is 2.19. The third kappa shape index (κ3) is 2.17. The predicted molar refractivity (Wildman–Crippen MR) is 64.6 cm³/mol. The molecule has 1 saturated carbocycles. The van der Waals surface area contributed by atoms with Crippen molar-refractivity contribution in [1.82, 2.24) is 4.90 Å². The van der Waals surface area contributed by atoms with Gasteiger partial charge in [-0.05, 0) is 33.6 Å². The predicted octanol–water partition coefficient (Wildman–Crippen LogP) is 1.52. The van der Waals surface area contributed by atoms with E-state index in [1.165, 1.54) is 0 Å². The Balaban J connectivity index is 1.83. The molecule has 1 amide bonds. The zero-order valence-electron chi connectivity index (χ0n) is 11.2. The molecule has 1 N–H and O–H groups in total. The summed E-state index contributed by atoms with van der Waals surface area (Å²) in [5, 5.41) is 18.2. The van der Waals surface area contributed by atoms with Gasteiger partial charge >= 0.3 is 6.09 Å². The molecular weight excluding hydrogens is 232 g/mol. The van der Waals surface area contributed by atoms with E-state index in [0.29, 0.717) is 25.9 Å². The Morgan fingerprint density at radius 3 is 2.39 bits per heavy atom. The average Bonchev–Trinajstić information content (AvgIpc) is 2.12. The van der Waals surface area contributed by atoms with Crippen molar-refractivity contribution in [2.45, 2.75) is 39.2 Å². The number of carbonyl (C=O) groups is 1. The minimum absolute atomic E-state index is 0.0510. The van der Waals surface area contributed by atoms with Crippen LogP contribution in [0.2, 0.25) is 0 Å². The normalized spacial score (nSPS) is 23.8. The molecule has 1 saturated heterocycles. The third-order valence-corrected chi connectivity index (χ3v) is 3.67. The van der Waals surface area contributed by atoms with Crippen LogP contribution in [-0.4, -0.2) is 41.4 Å². The van der Waals surface area contributed by atoms with Gasteiger partial charge in [0.15, 0.2) is 0 Å². The zero-order chi connectivity index (χ0) is 13.6. The second kappa shape index (κ2) is 3.86. The molecule has 0 radical (unpaired) electrons. The van der Waals surface area contributed by atoms with E-state index in [4.69, 9.17) is 10.00 Å². The number of carbonyl (C=O) groups excluding carboxylic acids is 1. The highest BCUT2D eigenvalue weighted by atomic mass is 16.6. The highest BCUT2D eigenvalue weighted by Gasteiger charge is 2.61. The van der Waals surface area contributed by atoms with Gasteiger partial charge in [-0.1, -0.05) is 0 Å². The van der Waals surface area contributed by atoms with E-state index in [1.807, 2.05) is 20.8 Å². The Hall–Kier alpha value is -1.28. The monoisotopic (exact) mass is 252 g/mol. The van der Waals surface area contributed by atoms with Crippen LogP contribution in [0.15, 0.2) is 0 Å². The molecule has 2 rings (SSSR count). The van der Waals surface area contributed by atoms with Crippen molar-refractivity contribution in [1.29, 1.82) is 5.26 Å². The second-order valence-electron chi connectivity index (χ2n) is 6.74. The van der Waals surface area contributed by atoms with Crippen LogP contribution in [-0.2, 0) is 4.74 Å². The number of nitriles is 1. The molecule has 5 nitrogen and oxygen atoms in total. The van der Waals surface area contributed by atoms with Crippen molar-refractivity contribution in [3.8, 4) is 6.07 Å². The van der Waals surface area contributed by atoms with E-state index >= 15 is 0 Å². The molecule has 5 heteroatoms. The number of hydrogen-bond donors (Lipinski definition) is 1. The Bertz CT molecular complexity index is 391. The lowest BCUT2D eigenvalue weighted by molar-refractivity contribution is -0.130. The SMILES string of the molecule is CC(C)(C)OC(=O)N1CC2(C1)CC(C#N)(CO)C2. The summed E-state index contributed by atoms with van der Waals surface area (Å²) in [4.78, 5) is 13.4. The van der Waals surface area contributed by atoms with Crippen LogP contribution >= 0.6 is 0 Å². The van der Waals surface area contributed by atoms with Gasteiger partial charge < -0.3 is 14.7 Å². The highest BCUT2D eigenvalue weighted by Crippen LogP contribution is 2.58. The Kier molecular flexibility index (Phi) is 2.82. The first-order valence-electron chi connectivity index (χ1n) is 6.23. The van der Waals surface area contributed by atoms with Gasteiger partial charge in [0, 0.05) is 18.5 Å². The second-order valence-corrected chi connectivity index (χ2v) is 6.74. The fourth-order valence-electron chi connectivity index (χ4n) is 3.05. The number of ether oxygens (including phenoxy) is 1. The van der Waals surface area contributed by atoms with Crippen LogP contribution in [0.4, 0.5) is 4.79 Å². The topological polar surface area (TPSA) is 73.6 Å². The smallest absolute Gasteiger partial charge is 0.410 e. The molecule has 0 bridgehead atoms. The molecule has 0 aromatic rings. The van der Waals surface area contributed by atoms with E-state index in [1.54, 1.807) is 4.90 Å². The first-order valence-corrected chi connectivity index (χ1v) is 6.23. The van der Waals surface area contributed by atoms with Gasteiger partial charge in [-0.15, -0.1) is 0 Å². The van der Waals surface area contributed by atoms with Crippen molar-refractivity contribution in [3.63, 3.8) is 0 Å². The molecule has 1 heterocycles. The maximum Gasteiger partial charge on any atom is 0.410 e. The number of nitrogens with zero attached hydrogens (tertiary/aromatic N) is 2. The lowest BCUT2D eigenvalue weighted by Crippen LogP contribution is -2.67. The van der Waals surface area contributed by atoms with Crippen LogP contribution in [0.25, 0.3) is 0 Å². The number of likely N-dealkylation sites (tertiary alicyclic amines) is 1. The highest BCUT2D eigenvalue weighted by molar-refractivity contribution is 5.69. The van der Waals surface area contributed by atoms with Gasteiger partial charge in [0.25, 0.3) is 0 Å². The van der Waals surface area contributed by atoms with E-state index in [0.717, 1.165) is 0 Å². The van der Waals surface area contributed by atoms with Crippen molar-refractivity contribution in [2.24, 2.45) is 10.8 Å². The fraction of sp³-hybridized carbons (Fsp3) is 0.846. The van der Waals surface area contributed by atoms with Crippen molar-refractivity contribution in [3.05, 3.63) is 0 Å². The van der Waals surface area contributed by atoms with Crippen molar-refractivity contribution in [2.75, 3.05) is 19.7 Å². The fourth-order valence-corrected chi connectivity index (χ4v) is 3.05. The molecule has 2 fully saturated rings. The molecule has 18 heavy (non-hydrogen) atoms.